The van der Waals surface area contributed by atoms with Crippen LogP contribution in [0.3, 0.4) is 0 Å². The number of carbonyl (C=O) groups excluding carboxylic acids is 2. The smallest absolute Gasteiger partial charge is 0.257 e. The van der Waals surface area contributed by atoms with Crippen LogP contribution in [-0.2, 0) is 13.1 Å². The molecule has 9 heteroatoms. The van der Waals surface area contributed by atoms with Gasteiger partial charge in [0.15, 0.2) is 5.78 Å². The van der Waals surface area contributed by atoms with Crippen molar-refractivity contribution in [3.63, 3.8) is 0 Å². The summed E-state index contributed by atoms with van der Waals surface area (Å²) in [6.45, 7) is 3.27. The number of imidazole rings is 1. The van der Waals surface area contributed by atoms with Crippen LogP contribution in [0.5, 0.6) is 5.75 Å². The molecule has 0 radical (unpaired) electrons. The molecule has 0 atom stereocenters. The number of nitrogens with one attached hydrogen (secondary N) is 1. The summed E-state index contributed by atoms with van der Waals surface area (Å²) in [4.78, 5) is 27.6. The number of hydrogen-bond acceptors (Lipinski definition) is 4. The SMILES string of the molecule is CCOc1ccccc1C(=O)N(C)CCCn1c(=N)n(CC(=O)c2ccc(Cl)cc2)c2cccc(Cl)c21. The number of aromatic nitrogens is 2. The Balaban J connectivity index is 1.53. The van der Waals surface area contributed by atoms with Crippen molar-refractivity contribution in [1.82, 2.24) is 14.0 Å². The zero-order valence-corrected chi connectivity index (χ0v) is 22.2. The van der Waals surface area contributed by atoms with Gasteiger partial charge in [-0.25, -0.2) is 0 Å². The van der Waals surface area contributed by atoms with Crippen LogP contribution in [0.1, 0.15) is 34.1 Å². The van der Waals surface area contributed by atoms with E-state index >= 15 is 0 Å². The molecule has 0 aliphatic carbocycles. The maximum Gasteiger partial charge on any atom is 0.257 e. The van der Waals surface area contributed by atoms with Crippen molar-refractivity contribution < 1.29 is 14.3 Å². The van der Waals surface area contributed by atoms with Gasteiger partial charge in [0.2, 0.25) is 5.62 Å². The Kier molecular flexibility index (Phi) is 8.36. The third kappa shape index (κ3) is 5.73. The van der Waals surface area contributed by atoms with Crippen LogP contribution in [0.4, 0.5) is 0 Å². The molecule has 192 valence electrons. The molecule has 0 bridgehead atoms. The first-order valence-corrected chi connectivity index (χ1v) is 12.8. The number of benzene rings is 3. The first-order chi connectivity index (χ1) is 17.8. The van der Waals surface area contributed by atoms with E-state index in [1.54, 1.807) is 69.6 Å². The molecule has 0 aliphatic heterocycles. The molecular weight excluding hydrogens is 511 g/mol. The number of aryl methyl sites for hydroxylation is 1. The second kappa shape index (κ2) is 11.7. The highest BCUT2D eigenvalue weighted by molar-refractivity contribution is 6.35. The minimum absolute atomic E-state index is 0.00307. The van der Waals surface area contributed by atoms with Gasteiger partial charge in [0.25, 0.3) is 5.91 Å². The second-order valence-corrected chi connectivity index (χ2v) is 9.45. The standard InChI is InChI=1S/C28H28Cl2N4O3/c1-3-37-25-11-5-4-8-21(25)27(36)32(2)16-7-17-33-26-22(30)9-6-10-23(26)34(28(33)31)18-24(35)19-12-14-20(29)15-13-19/h4-6,8-15,31H,3,7,16-18H2,1-2H3. The highest BCUT2D eigenvalue weighted by Crippen LogP contribution is 2.24. The fourth-order valence-electron chi connectivity index (χ4n) is 4.30. The number of fused-ring (bicyclic) bond motifs is 1. The Morgan fingerprint density at radius 1 is 0.973 bits per heavy atom. The van der Waals surface area contributed by atoms with E-state index in [0.717, 1.165) is 0 Å². The Bertz CT molecular complexity index is 1490. The molecule has 1 aromatic heterocycles. The third-order valence-electron chi connectivity index (χ3n) is 6.14. The second-order valence-electron chi connectivity index (χ2n) is 8.61. The fraction of sp³-hybridized carbons (Fsp3) is 0.250. The summed E-state index contributed by atoms with van der Waals surface area (Å²) >= 11 is 12.5. The van der Waals surface area contributed by atoms with E-state index in [9.17, 15) is 9.59 Å². The van der Waals surface area contributed by atoms with E-state index in [1.807, 2.05) is 25.1 Å². The van der Waals surface area contributed by atoms with Crippen LogP contribution < -0.4 is 10.4 Å². The number of hydrogen-bond donors (Lipinski definition) is 1. The van der Waals surface area contributed by atoms with Crippen molar-refractivity contribution in [2.24, 2.45) is 0 Å². The zero-order chi connectivity index (χ0) is 26.5. The first-order valence-electron chi connectivity index (χ1n) is 12.0. The van der Waals surface area contributed by atoms with Crippen molar-refractivity contribution >= 4 is 45.9 Å². The molecule has 4 aromatic rings. The lowest BCUT2D eigenvalue weighted by Crippen LogP contribution is -2.31. The highest BCUT2D eigenvalue weighted by atomic mass is 35.5. The van der Waals surface area contributed by atoms with Crippen LogP contribution in [0, 0.1) is 5.41 Å². The van der Waals surface area contributed by atoms with Crippen molar-refractivity contribution in [2.75, 3.05) is 20.2 Å². The number of para-hydroxylation sites is 2. The predicted octanol–water partition coefficient (Wildman–Crippen LogP) is 5.67. The van der Waals surface area contributed by atoms with Crippen LogP contribution >= 0.6 is 23.2 Å². The van der Waals surface area contributed by atoms with E-state index in [2.05, 4.69) is 0 Å². The van der Waals surface area contributed by atoms with Gasteiger partial charge in [-0.1, -0.05) is 41.4 Å². The lowest BCUT2D eigenvalue weighted by atomic mass is 10.1. The molecule has 0 spiro atoms. The van der Waals surface area contributed by atoms with Crippen LogP contribution in [0.2, 0.25) is 10.0 Å². The molecule has 1 amide bonds. The molecule has 0 fully saturated rings. The molecule has 0 saturated carbocycles. The van der Waals surface area contributed by atoms with Crippen molar-refractivity contribution in [2.45, 2.75) is 26.4 Å². The molecule has 1 N–H and O–H groups in total. The maximum absolute atomic E-state index is 13.0. The van der Waals surface area contributed by atoms with E-state index in [-0.39, 0.29) is 23.9 Å². The molecule has 0 aliphatic rings. The van der Waals surface area contributed by atoms with Gasteiger partial charge >= 0.3 is 0 Å². The summed E-state index contributed by atoms with van der Waals surface area (Å²) in [6, 6.07) is 19.3. The average Bonchev–Trinajstić information content (AvgIpc) is 3.16. The van der Waals surface area contributed by atoms with Gasteiger partial charge in [-0.15, -0.1) is 0 Å². The van der Waals surface area contributed by atoms with Crippen molar-refractivity contribution in [1.29, 1.82) is 5.41 Å². The lowest BCUT2D eigenvalue weighted by Gasteiger charge is -2.19. The van der Waals surface area contributed by atoms with Gasteiger partial charge in [0.1, 0.15) is 5.75 Å². The summed E-state index contributed by atoms with van der Waals surface area (Å²) in [6.07, 6.45) is 0.588. The molecule has 0 unspecified atom stereocenters. The van der Waals surface area contributed by atoms with Gasteiger partial charge < -0.3 is 18.8 Å². The van der Waals surface area contributed by atoms with Gasteiger partial charge in [-0.3, -0.25) is 15.0 Å². The number of amides is 1. The van der Waals surface area contributed by atoms with Gasteiger partial charge in [0.05, 0.1) is 34.8 Å². The Hall–Kier alpha value is -3.55. The third-order valence-corrected chi connectivity index (χ3v) is 6.70. The number of ether oxygens (including phenoxy) is 1. The Morgan fingerprint density at radius 2 is 1.70 bits per heavy atom. The monoisotopic (exact) mass is 538 g/mol. The number of Topliss-reactive ketones (excluding diaryl/α,β-unsaturated/α-hetero) is 1. The van der Waals surface area contributed by atoms with E-state index < -0.39 is 0 Å². The Morgan fingerprint density at radius 3 is 2.43 bits per heavy atom. The van der Waals surface area contributed by atoms with Crippen LogP contribution in [0.15, 0.2) is 66.7 Å². The predicted molar refractivity (Wildman–Crippen MR) is 146 cm³/mol. The quantitative estimate of drug-likeness (QED) is 0.264. The lowest BCUT2D eigenvalue weighted by molar-refractivity contribution is 0.0787. The molecule has 37 heavy (non-hydrogen) atoms. The fourth-order valence-corrected chi connectivity index (χ4v) is 4.70. The zero-order valence-electron chi connectivity index (χ0n) is 20.7. The summed E-state index contributed by atoms with van der Waals surface area (Å²) < 4.78 is 9.05. The van der Waals surface area contributed by atoms with Gasteiger partial charge in [-0.05, 0) is 61.9 Å². The Labute approximate surface area is 225 Å². The van der Waals surface area contributed by atoms with Crippen molar-refractivity contribution in [3.05, 3.63) is 93.5 Å². The van der Waals surface area contributed by atoms with Gasteiger partial charge in [0, 0.05) is 30.7 Å². The van der Waals surface area contributed by atoms with E-state index in [0.29, 0.717) is 64.1 Å². The number of halogens is 2. The van der Waals surface area contributed by atoms with Crippen molar-refractivity contribution in [3.8, 4) is 5.75 Å². The minimum atomic E-state index is -0.132. The topological polar surface area (TPSA) is 80.3 Å². The highest BCUT2D eigenvalue weighted by Gasteiger charge is 2.19. The number of ketones is 1. The molecule has 1 heterocycles. The number of rotatable bonds is 10. The minimum Gasteiger partial charge on any atom is -0.493 e. The first kappa shape index (κ1) is 26.5. The molecule has 7 nitrogen and oxygen atoms in total. The van der Waals surface area contributed by atoms with E-state index in [4.69, 9.17) is 33.3 Å². The van der Waals surface area contributed by atoms with Crippen LogP contribution in [0.25, 0.3) is 11.0 Å². The number of carbonyl (C=O) groups is 2. The molecule has 3 aromatic carbocycles. The van der Waals surface area contributed by atoms with E-state index in [1.165, 1.54) is 0 Å². The largest absolute Gasteiger partial charge is 0.493 e. The summed E-state index contributed by atoms with van der Waals surface area (Å²) in [5.74, 6) is 0.298. The average molecular weight is 539 g/mol. The maximum atomic E-state index is 13.0. The normalized spacial score (nSPS) is 11.0. The number of nitrogens with zero attached hydrogens (tertiary/aromatic N) is 3. The molecular formula is C28H28Cl2N4O3. The van der Waals surface area contributed by atoms with Crippen LogP contribution in [-0.4, -0.2) is 45.9 Å². The van der Waals surface area contributed by atoms with Gasteiger partial charge in [-0.2, -0.15) is 0 Å². The molecule has 0 saturated heterocycles. The molecule has 4 rings (SSSR count). The summed E-state index contributed by atoms with van der Waals surface area (Å²) in [5.41, 5.74) is 2.59. The summed E-state index contributed by atoms with van der Waals surface area (Å²) in [7, 11) is 1.75. The summed E-state index contributed by atoms with van der Waals surface area (Å²) in [5, 5.41) is 9.89.